The van der Waals surface area contributed by atoms with E-state index in [-0.39, 0.29) is 17.7 Å². The molecular weight excluding hydrogens is 178 g/mol. The smallest absolute Gasteiger partial charge is 0.236 e. The van der Waals surface area contributed by atoms with E-state index in [0.29, 0.717) is 11.8 Å². The molecule has 0 aromatic rings. The topological polar surface area (TPSA) is 37.4 Å². The highest BCUT2D eigenvalue weighted by Gasteiger charge is 2.66. The lowest BCUT2D eigenvalue weighted by Gasteiger charge is -2.27. The molecule has 0 radical (unpaired) electrons. The molecule has 3 rings (SSSR count). The second-order valence-corrected chi connectivity index (χ2v) is 4.85. The highest BCUT2D eigenvalue weighted by Crippen LogP contribution is 2.60. The molecule has 3 nitrogen and oxygen atoms in total. The fourth-order valence-corrected chi connectivity index (χ4v) is 3.50. The minimum Gasteiger partial charge on any atom is -0.285 e. The summed E-state index contributed by atoms with van der Waals surface area (Å²) >= 11 is 0. The maximum absolute atomic E-state index is 12.0. The predicted octanol–water partition coefficient (Wildman–Crippen LogP) is 0.813. The first-order valence-corrected chi connectivity index (χ1v) is 5.07. The molecule has 2 fully saturated rings. The quantitative estimate of drug-likeness (QED) is 0.420. The van der Waals surface area contributed by atoms with Crippen molar-refractivity contribution in [1.82, 2.24) is 4.90 Å². The Labute approximate surface area is 82.8 Å². The third kappa shape index (κ3) is 0.606. The van der Waals surface area contributed by atoms with Crippen LogP contribution in [0.15, 0.2) is 12.2 Å². The van der Waals surface area contributed by atoms with Crippen molar-refractivity contribution in [2.24, 2.45) is 23.2 Å². The molecule has 0 N–H and O–H groups in total. The summed E-state index contributed by atoms with van der Waals surface area (Å²) in [5.74, 6) is 0.569. The first-order valence-electron chi connectivity index (χ1n) is 5.07. The summed E-state index contributed by atoms with van der Waals surface area (Å²) in [6.07, 6.45) is 5.22. The van der Waals surface area contributed by atoms with Gasteiger partial charge in [-0.1, -0.05) is 12.2 Å². The Kier molecular flexibility index (Phi) is 1.23. The zero-order chi connectivity index (χ0) is 10.1. The van der Waals surface area contributed by atoms with E-state index in [2.05, 4.69) is 12.2 Å². The molecular formula is C11H13NO2. The minimum atomic E-state index is -0.425. The van der Waals surface area contributed by atoms with Gasteiger partial charge in [0.1, 0.15) is 0 Å². The second-order valence-electron chi connectivity index (χ2n) is 4.85. The monoisotopic (exact) mass is 191 g/mol. The number of hydrogen-bond acceptors (Lipinski definition) is 2. The Morgan fingerprint density at radius 2 is 2.14 bits per heavy atom. The summed E-state index contributed by atoms with van der Waals surface area (Å²) in [5.41, 5.74) is -0.425. The van der Waals surface area contributed by atoms with Gasteiger partial charge >= 0.3 is 0 Å². The van der Waals surface area contributed by atoms with Crippen LogP contribution in [0.25, 0.3) is 0 Å². The van der Waals surface area contributed by atoms with Gasteiger partial charge < -0.3 is 0 Å². The van der Waals surface area contributed by atoms with Gasteiger partial charge in [-0.15, -0.1) is 0 Å². The van der Waals surface area contributed by atoms with Gasteiger partial charge in [-0.25, -0.2) is 0 Å². The molecule has 1 aliphatic heterocycles. The van der Waals surface area contributed by atoms with Crippen LogP contribution in [0.4, 0.5) is 0 Å². The van der Waals surface area contributed by atoms with Gasteiger partial charge in [0.25, 0.3) is 0 Å². The van der Waals surface area contributed by atoms with Crippen LogP contribution in [0.1, 0.15) is 13.3 Å². The van der Waals surface area contributed by atoms with Gasteiger partial charge in [-0.05, 0) is 25.2 Å². The van der Waals surface area contributed by atoms with Crippen LogP contribution >= 0.6 is 0 Å². The maximum atomic E-state index is 12.0. The Bertz CT molecular complexity index is 373. The highest BCUT2D eigenvalue weighted by molar-refractivity contribution is 6.08. The second kappa shape index (κ2) is 2.10. The Balaban J connectivity index is 2.17. The number of imide groups is 1. The van der Waals surface area contributed by atoms with Gasteiger partial charge in [-0.3, -0.25) is 14.5 Å². The number of amides is 2. The van der Waals surface area contributed by atoms with Crippen LogP contribution in [-0.2, 0) is 9.59 Å². The van der Waals surface area contributed by atoms with Crippen molar-refractivity contribution in [2.45, 2.75) is 13.3 Å². The van der Waals surface area contributed by atoms with E-state index >= 15 is 0 Å². The van der Waals surface area contributed by atoms with E-state index in [1.807, 2.05) is 6.92 Å². The predicted molar refractivity (Wildman–Crippen MR) is 50.1 cm³/mol. The Morgan fingerprint density at radius 3 is 2.79 bits per heavy atom. The van der Waals surface area contributed by atoms with Crippen molar-refractivity contribution in [3.8, 4) is 0 Å². The van der Waals surface area contributed by atoms with Gasteiger partial charge in [-0.2, -0.15) is 0 Å². The fourth-order valence-electron chi connectivity index (χ4n) is 3.50. The number of carbonyl (C=O) groups is 2. The number of likely N-dealkylation sites (tertiary alicyclic amines) is 1. The number of carbonyl (C=O) groups excluding carboxylic acids is 2. The first-order chi connectivity index (χ1) is 6.56. The number of nitrogens with zero attached hydrogens (tertiary/aromatic N) is 1. The summed E-state index contributed by atoms with van der Waals surface area (Å²) in [4.78, 5) is 25.2. The van der Waals surface area contributed by atoms with Crippen molar-refractivity contribution < 1.29 is 9.59 Å². The average Bonchev–Trinajstić information content (AvgIpc) is 2.77. The largest absolute Gasteiger partial charge is 0.285 e. The molecule has 4 unspecified atom stereocenters. The Morgan fingerprint density at radius 1 is 1.43 bits per heavy atom. The van der Waals surface area contributed by atoms with Gasteiger partial charge in [0.15, 0.2) is 0 Å². The minimum absolute atomic E-state index is 0.0179. The zero-order valence-corrected chi connectivity index (χ0v) is 8.36. The molecule has 0 aromatic heterocycles. The van der Waals surface area contributed by atoms with Crippen LogP contribution in [0, 0.1) is 23.2 Å². The SMILES string of the molecule is CN1C(=O)C2C3C=CC(C3)C2(C)C1=O. The van der Waals surface area contributed by atoms with E-state index < -0.39 is 5.41 Å². The van der Waals surface area contributed by atoms with Crippen molar-refractivity contribution in [3.63, 3.8) is 0 Å². The average molecular weight is 191 g/mol. The third-order valence-corrected chi connectivity index (χ3v) is 4.32. The van der Waals surface area contributed by atoms with Crippen molar-refractivity contribution in [3.05, 3.63) is 12.2 Å². The highest BCUT2D eigenvalue weighted by atomic mass is 16.2. The zero-order valence-electron chi connectivity index (χ0n) is 8.36. The summed E-state index contributed by atoms with van der Waals surface area (Å²) in [7, 11) is 1.60. The van der Waals surface area contributed by atoms with Crippen molar-refractivity contribution in [2.75, 3.05) is 7.05 Å². The van der Waals surface area contributed by atoms with E-state index in [1.54, 1.807) is 7.05 Å². The fraction of sp³-hybridized carbons (Fsp3) is 0.636. The molecule has 2 amide bonds. The summed E-state index contributed by atoms with van der Waals surface area (Å²) in [6, 6.07) is 0. The molecule has 1 heterocycles. The molecule has 3 heteroatoms. The molecule has 74 valence electrons. The van der Waals surface area contributed by atoms with Crippen LogP contribution in [0.3, 0.4) is 0 Å². The van der Waals surface area contributed by atoms with Crippen LogP contribution in [0.5, 0.6) is 0 Å². The summed E-state index contributed by atoms with van der Waals surface area (Å²) in [5, 5.41) is 0. The van der Waals surface area contributed by atoms with E-state index in [9.17, 15) is 9.59 Å². The molecule has 4 atom stereocenters. The van der Waals surface area contributed by atoms with E-state index in [1.165, 1.54) is 4.90 Å². The van der Waals surface area contributed by atoms with E-state index in [0.717, 1.165) is 6.42 Å². The van der Waals surface area contributed by atoms with E-state index in [4.69, 9.17) is 0 Å². The van der Waals surface area contributed by atoms with Gasteiger partial charge in [0, 0.05) is 7.05 Å². The number of rotatable bonds is 0. The Hall–Kier alpha value is -1.12. The number of fused-ring (bicyclic) bond motifs is 5. The van der Waals surface area contributed by atoms with Crippen LogP contribution in [0.2, 0.25) is 0 Å². The molecule has 3 aliphatic rings. The van der Waals surface area contributed by atoms with Crippen LogP contribution < -0.4 is 0 Å². The first kappa shape index (κ1) is 8.21. The summed E-state index contributed by atoms with van der Waals surface area (Å²) < 4.78 is 0. The summed E-state index contributed by atoms with van der Waals surface area (Å²) in [6.45, 7) is 1.95. The molecule has 0 spiro atoms. The van der Waals surface area contributed by atoms with Crippen molar-refractivity contribution in [1.29, 1.82) is 0 Å². The lowest BCUT2D eigenvalue weighted by Crippen LogP contribution is -2.36. The molecule has 2 aliphatic carbocycles. The molecule has 14 heavy (non-hydrogen) atoms. The molecule has 1 saturated heterocycles. The number of hydrogen-bond donors (Lipinski definition) is 0. The van der Waals surface area contributed by atoms with Crippen LogP contribution in [-0.4, -0.2) is 23.8 Å². The standard InChI is InChI=1S/C11H13NO2/c1-11-7-4-3-6(5-7)8(11)9(13)12(2)10(11)14/h3-4,6-8H,5H2,1-2H3. The normalized spacial score (nSPS) is 49.3. The van der Waals surface area contributed by atoms with Gasteiger partial charge in [0.2, 0.25) is 11.8 Å². The molecule has 1 saturated carbocycles. The lowest BCUT2D eigenvalue weighted by atomic mass is 9.71. The number of allylic oxidation sites excluding steroid dienone is 2. The lowest BCUT2D eigenvalue weighted by molar-refractivity contribution is -0.140. The molecule has 0 aromatic carbocycles. The van der Waals surface area contributed by atoms with Gasteiger partial charge in [0.05, 0.1) is 11.3 Å². The maximum Gasteiger partial charge on any atom is 0.236 e. The third-order valence-electron chi connectivity index (χ3n) is 4.32. The van der Waals surface area contributed by atoms with Crippen molar-refractivity contribution >= 4 is 11.8 Å². The molecule has 2 bridgehead atoms.